The lowest BCUT2D eigenvalue weighted by Gasteiger charge is -2.18. The van der Waals surface area contributed by atoms with Crippen LogP contribution in [0, 0.1) is 7.14 Å². The molecule has 0 amide bonds. The van der Waals surface area contributed by atoms with Crippen molar-refractivity contribution in [3.05, 3.63) is 49.1 Å². The monoisotopic (exact) mass is 511 g/mol. The van der Waals surface area contributed by atoms with Crippen LogP contribution in [0.3, 0.4) is 0 Å². The summed E-state index contributed by atoms with van der Waals surface area (Å²) in [4.78, 5) is 0. The topological polar surface area (TPSA) is 75.7 Å². The summed E-state index contributed by atoms with van der Waals surface area (Å²) in [6.45, 7) is 1.58. The number of phenols is 1. The molecule has 2 aromatic carbocycles. The van der Waals surface area contributed by atoms with Gasteiger partial charge in [-0.2, -0.15) is 0 Å². The number of hydrogen-bond donors (Lipinski definition) is 3. The van der Waals surface area contributed by atoms with E-state index in [-0.39, 0.29) is 5.75 Å². The van der Waals surface area contributed by atoms with E-state index in [1.165, 1.54) is 0 Å². The van der Waals surface area contributed by atoms with Crippen LogP contribution in [0.2, 0.25) is 0 Å². The van der Waals surface area contributed by atoms with E-state index in [4.69, 9.17) is 10.5 Å². The van der Waals surface area contributed by atoms with Crippen molar-refractivity contribution in [1.29, 1.82) is 0 Å². The van der Waals surface area contributed by atoms with Crippen molar-refractivity contribution in [2.24, 2.45) is 5.73 Å². The van der Waals surface area contributed by atoms with Crippen LogP contribution in [-0.4, -0.2) is 15.9 Å². The summed E-state index contributed by atoms with van der Waals surface area (Å²) in [6.07, 6.45) is 0.374. The molecule has 0 saturated heterocycles. The normalized spacial score (nSPS) is 13.8. The Morgan fingerprint density at radius 2 is 1.67 bits per heavy atom. The van der Waals surface area contributed by atoms with E-state index in [1.807, 2.05) is 12.1 Å². The molecule has 0 aromatic heterocycles. The molecule has 0 aliphatic rings. The van der Waals surface area contributed by atoms with E-state index in [9.17, 15) is 10.2 Å². The van der Waals surface area contributed by atoms with Gasteiger partial charge in [0.2, 0.25) is 0 Å². The number of halogens is 2. The lowest BCUT2D eigenvalue weighted by molar-refractivity contribution is 0.0676. The molecule has 0 aliphatic heterocycles. The quantitative estimate of drug-likeness (QED) is 0.434. The molecule has 0 aliphatic carbocycles. The van der Waals surface area contributed by atoms with Gasteiger partial charge in [-0.25, -0.2) is 0 Å². The third-order valence-corrected chi connectivity index (χ3v) is 4.28. The van der Waals surface area contributed by atoms with Gasteiger partial charge in [0.05, 0.1) is 7.14 Å². The molecule has 0 unspecified atom stereocenters. The molecule has 0 saturated carbocycles. The second kappa shape index (κ2) is 6.67. The Bertz CT molecular complexity index is 613. The Hall–Kier alpha value is -0.580. The molecule has 0 fully saturated rings. The molecule has 2 aromatic rings. The van der Waals surface area contributed by atoms with Crippen LogP contribution in [0.15, 0.2) is 36.4 Å². The molecule has 112 valence electrons. The number of aliphatic hydroxyl groups is 1. The summed E-state index contributed by atoms with van der Waals surface area (Å²) < 4.78 is 7.73. The van der Waals surface area contributed by atoms with Crippen molar-refractivity contribution in [1.82, 2.24) is 0 Å². The number of aromatic hydroxyl groups is 1. The van der Waals surface area contributed by atoms with Crippen molar-refractivity contribution in [2.75, 3.05) is 0 Å². The maximum Gasteiger partial charge on any atom is 0.154 e. The summed E-state index contributed by atoms with van der Waals surface area (Å²) in [5.41, 5.74) is 5.36. The van der Waals surface area contributed by atoms with E-state index in [0.29, 0.717) is 12.2 Å². The van der Waals surface area contributed by atoms with Crippen LogP contribution in [0.5, 0.6) is 17.2 Å². The second-order valence-electron chi connectivity index (χ2n) is 5.02. The van der Waals surface area contributed by atoms with Crippen molar-refractivity contribution < 1.29 is 14.9 Å². The van der Waals surface area contributed by atoms with Crippen molar-refractivity contribution in [2.45, 2.75) is 19.1 Å². The minimum absolute atomic E-state index is 0.201. The van der Waals surface area contributed by atoms with Gasteiger partial charge in [-0.1, -0.05) is 0 Å². The standard InChI is InChI=1S/C15H15I2NO3/c1-15(18,20)8-9-6-12(16)14(13(17)7-9)21-11-4-2-10(19)3-5-11/h2-7,19-20H,8,18H2,1H3/t15-/m0/s1. The van der Waals surface area contributed by atoms with Gasteiger partial charge in [-0.3, -0.25) is 0 Å². The van der Waals surface area contributed by atoms with E-state index < -0.39 is 5.72 Å². The van der Waals surface area contributed by atoms with Crippen LogP contribution < -0.4 is 10.5 Å². The zero-order valence-electron chi connectivity index (χ0n) is 11.3. The first kappa shape index (κ1) is 16.8. The fourth-order valence-corrected chi connectivity index (χ4v) is 3.97. The summed E-state index contributed by atoms with van der Waals surface area (Å²) in [5, 5.41) is 19.0. The first-order valence-electron chi connectivity index (χ1n) is 6.21. The summed E-state index contributed by atoms with van der Waals surface area (Å²) in [6, 6.07) is 10.5. The SMILES string of the molecule is C[C@](N)(O)Cc1cc(I)c(Oc2ccc(O)cc2)c(I)c1. The molecular formula is C15H15I2NO3. The largest absolute Gasteiger partial charge is 0.508 e. The molecule has 2 rings (SSSR count). The van der Waals surface area contributed by atoms with Gasteiger partial charge in [0.25, 0.3) is 0 Å². The van der Waals surface area contributed by atoms with Crippen LogP contribution in [-0.2, 0) is 6.42 Å². The Labute approximate surface area is 150 Å². The van der Waals surface area contributed by atoms with Gasteiger partial charge in [0, 0.05) is 6.42 Å². The van der Waals surface area contributed by atoms with Crippen LogP contribution >= 0.6 is 45.2 Å². The minimum Gasteiger partial charge on any atom is -0.508 e. The van der Waals surface area contributed by atoms with E-state index in [2.05, 4.69) is 45.2 Å². The van der Waals surface area contributed by atoms with Crippen LogP contribution in [0.25, 0.3) is 0 Å². The lowest BCUT2D eigenvalue weighted by Crippen LogP contribution is -2.37. The number of phenolic OH excluding ortho intramolecular Hbond substituents is 1. The summed E-state index contributed by atoms with van der Waals surface area (Å²) in [7, 11) is 0. The zero-order valence-corrected chi connectivity index (χ0v) is 15.6. The third-order valence-electron chi connectivity index (χ3n) is 2.68. The van der Waals surface area contributed by atoms with Gasteiger partial charge in [-0.05, 0) is 94.1 Å². The molecule has 0 radical (unpaired) electrons. The smallest absolute Gasteiger partial charge is 0.154 e. The first-order chi connectivity index (χ1) is 9.74. The Morgan fingerprint density at radius 1 is 1.14 bits per heavy atom. The fourth-order valence-electron chi connectivity index (χ4n) is 1.86. The first-order valence-corrected chi connectivity index (χ1v) is 8.36. The third kappa shape index (κ3) is 4.97. The van der Waals surface area contributed by atoms with E-state index >= 15 is 0 Å². The summed E-state index contributed by atoms with van der Waals surface area (Å²) >= 11 is 4.39. The second-order valence-corrected chi connectivity index (χ2v) is 7.34. The summed E-state index contributed by atoms with van der Waals surface area (Å²) in [5.74, 6) is 1.61. The Balaban J connectivity index is 2.26. The van der Waals surface area contributed by atoms with Crippen molar-refractivity contribution >= 4 is 45.2 Å². The highest BCUT2D eigenvalue weighted by molar-refractivity contribution is 14.1. The van der Waals surface area contributed by atoms with Gasteiger partial charge in [0.1, 0.15) is 17.2 Å². The van der Waals surface area contributed by atoms with Gasteiger partial charge >= 0.3 is 0 Å². The molecule has 0 bridgehead atoms. The van der Waals surface area contributed by atoms with Gasteiger partial charge in [0.15, 0.2) is 5.75 Å². The molecule has 0 spiro atoms. The predicted molar refractivity (Wildman–Crippen MR) is 98.6 cm³/mol. The Kier molecular flexibility index (Phi) is 5.33. The highest BCUT2D eigenvalue weighted by atomic mass is 127. The molecule has 4 nitrogen and oxygen atoms in total. The van der Waals surface area contributed by atoms with Crippen LogP contribution in [0.4, 0.5) is 0 Å². The maximum absolute atomic E-state index is 9.70. The highest BCUT2D eigenvalue weighted by Crippen LogP contribution is 2.33. The number of ether oxygens (including phenoxy) is 1. The Morgan fingerprint density at radius 3 is 2.14 bits per heavy atom. The van der Waals surface area contributed by atoms with Gasteiger partial charge in [-0.15, -0.1) is 0 Å². The molecule has 4 N–H and O–H groups in total. The number of nitrogens with two attached hydrogens (primary N) is 1. The molecule has 21 heavy (non-hydrogen) atoms. The number of hydrogen-bond acceptors (Lipinski definition) is 4. The zero-order chi connectivity index (χ0) is 15.6. The van der Waals surface area contributed by atoms with Crippen LogP contribution in [0.1, 0.15) is 12.5 Å². The fraction of sp³-hybridized carbons (Fsp3) is 0.200. The molecular weight excluding hydrogens is 496 g/mol. The van der Waals surface area contributed by atoms with Crippen molar-refractivity contribution in [3.8, 4) is 17.2 Å². The van der Waals surface area contributed by atoms with E-state index in [0.717, 1.165) is 18.5 Å². The molecule has 1 atom stereocenters. The number of benzene rings is 2. The molecule has 6 heteroatoms. The average molecular weight is 511 g/mol. The number of rotatable bonds is 4. The van der Waals surface area contributed by atoms with E-state index in [1.54, 1.807) is 31.2 Å². The minimum atomic E-state index is -1.23. The predicted octanol–water partition coefficient (Wildman–Crippen LogP) is 3.60. The maximum atomic E-state index is 9.70. The average Bonchev–Trinajstić information content (AvgIpc) is 2.34. The molecule has 0 heterocycles. The van der Waals surface area contributed by atoms with Crippen molar-refractivity contribution in [3.63, 3.8) is 0 Å². The lowest BCUT2D eigenvalue weighted by atomic mass is 10.1. The highest BCUT2D eigenvalue weighted by Gasteiger charge is 2.17. The van der Waals surface area contributed by atoms with Gasteiger partial charge < -0.3 is 20.7 Å².